The van der Waals surface area contributed by atoms with E-state index in [4.69, 9.17) is 8.83 Å². The third-order valence-corrected chi connectivity index (χ3v) is 3.65. The van der Waals surface area contributed by atoms with Gasteiger partial charge in [0.05, 0.1) is 25.6 Å². The summed E-state index contributed by atoms with van der Waals surface area (Å²) in [7, 11) is 0. The maximum atomic E-state index is 5.68. The van der Waals surface area contributed by atoms with Gasteiger partial charge in [0, 0.05) is 18.2 Å². The maximum Gasteiger partial charge on any atom is 0.118 e. The van der Waals surface area contributed by atoms with E-state index in [1.54, 1.807) is 6.26 Å². The number of nitrogens with zero attached hydrogens (tertiary/aromatic N) is 1. The molecule has 108 valence electrons. The Bertz CT molecular complexity index is 514. The Balaban J connectivity index is 1.59. The first-order valence-corrected chi connectivity index (χ1v) is 7.38. The fourth-order valence-corrected chi connectivity index (χ4v) is 2.43. The fraction of sp³-hybridized carbons (Fsp3) is 0.500. The standard InChI is InChI=1S/C16H22N2O2/c1-2-17-9-13-8-16(20-12-13)11-18(14-5-6-14)10-15-4-3-7-19-15/h3-4,7-8,12,14,17H,2,5-6,9-11H2,1H3. The van der Waals surface area contributed by atoms with E-state index in [0.29, 0.717) is 6.04 Å². The first-order chi connectivity index (χ1) is 9.85. The Hall–Kier alpha value is -1.52. The van der Waals surface area contributed by atoms with Crippen molar-refractivity contribution in [2.24, 2.45) is 0 Å². The Morgan fingerprint density at radius 2 is 2.10 bits per heavy atom. The van der Waals surface area contributed by atoms with Gasteiger partial charge in [0.15, 0.2) is 0 Å². The highest BCUT2D eigenvalue weighted by molar-refractivity contribution is 5.13. The van der Waals surface area contributed by atoms with Gasteiger partial charge in [-0.1, -0.05) is 6.92 Å². The zero-order valence-electron chi connectivity index (χ0n) is 12.0. The van der Waals surface area contributed by atoms with Gasteiger partial charge in [-0.25, -0.2) is 0 Å². The summed E-state index contributed by atoms with van der Waals surface area (Å²) in [5.41, 5.74) is 1.22. The van der Waals surface area contributed by atoms with E-state index in [1.807, 2.05) is 18.4 Å². The molecule has 0 aromatic carbocycles. The lowest BCUT2D eigenvalue weighted by molar-refractivity contribution is 0.208. The number of furan rings is 2. The van der Waals surface area contributed by atoms with Crippen molar-refractivity contribution in [2.45, 2.75) is 45.4 Å². The highest BCUT2D eigenvalue weighted by Gasteiger charge is 2.30. The lowest BCUT2D eigenvalue weighted by Gasteiger charge is -2.19. The molecule has 4 heteroatoms. The Labute approximate surface area is 119 Å². The molecule has 3 rings (SSSR count). The van der Waals surface area contributed by atoms with Gasteiger partial charge in [-0.15, -0.1) is 0 Å². The molecule has 1 fully saturated rings. The van der Waals surface area contributed by atoms with Crippen LogP contribution < -0.4 is 5.32 Å². The first kappa shape index (κ1) is 13.5. The molecule has 4 nitrogen and oxygen atoms in total. The monoisotopic (exact) mass is 274 g/mol. The molecule has 0 unspecified atom stereocenters. The van der Waals surface area contributed by atoms with E-state index in [-0.39, 0.29) is 0 Å². The maximum absolute atomic E-state index is 5.68. The minimum Gasteiger partial charge on any atom is -0.468 e. The molecule has 2 aromatic rings. The van der Waals surface area contributed by atoms with Crippen molar-refractivity contribution in [3.8, 4) is 0 Å². The summed E-state index contributed by atoms with van der Waals surface area (Å²) in [5.74, 6) is 2.06. The smallest absolute Gasteiger partial charge is 0.118 e. The predicted molar refractivity (Wildman–Crippen MR) is 77.1 cm³/mol. The van der Waals surface area contributed by atoms with Crippen molar-refractivity contribution in [3.05, 3.63) is 47.8 Å². The summed E-state index contributed by atoms with van der Waals surface area (Å²) in [5, 5.41) is 3.31. The van der Waals surface area contributed by atoms with Crippen LogP contribution >= 0.6 is 0 Å². The van der Waals surface area contributed by atoms with Crippen LogP contribution in [-0.2, 0) is 19.6 Å². The predicted octanol–water partition coefficient (Wildman–Crippen LogP) is 3.15. The van der Waals surface area contributed by atoms with Crippen molar-refractivity contribution in [3.63, 3.8) is 0 Å². The Kier molecular flexibility index (Phi) is 4.23. The number of hydrogen-bond acceptors (Lipinski definition) is 4. The molecule has 0 spiro atoms. The summed E-state index contributed by atoms with van der Waals surface area (Å²) in [6, 6.07) is 6.82. The first-order valence-electron chi connectivity index (χ1n) is 7.38. The third kappa shape index (κ3) is 3.52. The largest absolute Gasteiger partial charge is 0.468 e. The highest BCUT2D eigenvalue weighted by Crippen LogP contribution is 2.30. The van der Waals surface area contributed by atoms with Gasteiger partial charge in [0.25, 0.3) is 0 Å². The van der Waals surface area contributed by atoms with E-state index in [1.165, 1.54) is 18.4 Å². The minimum atomic E-state index is 0.683. The Morgan fingerprint density at radius 1 is 1.25 bits per heavy atom. The summed E-state index contributed by atoms with van der Waals surface area (Å²) >= 11 is 0. The topological polar surface area (TPSA) is 41.6 Å². The molecule has 2 heterocycles. The van der Waals surface area contributed by atoms with Crippen LogP contribution in [0.3, 0.4) is 0 Å². The van der Waals surface area contributed by atoms with Gasteiger partial charge in [0.2, 0.25) is 0 Å². The Morgan fingerprint density at radius 3 is 2.80 bits per heavy atom. The van der Waals surface area contributed by atoms with Crippen LogP contribution in [0.2, 0.25) is 0 Å². The van der Waals surface area contributed by atoms with Crippen LogP contribution in [-0.4, -0.2) is 17.5 Å². The fourth-order valence-electron chi connectivity index (χ4n) is 2.43. The van der Waals surface area contributed by atoms with E-state index >= 15 is 0 Å². The summed E-state index contributed by atoms with van der Waals surface area (Å²) in [6.07, 6.45) is 6.16. The van der Waals surface area contributed by atoms with Crippen LogP contribution in [0.4, 0.5) is 0 Å². The molecular weight excluding hydrogens is 252 g/mol. The zero-order valence-corrected chi connectivity index (χ0v) is 12.0. The normalized spacial score (nSPS) is 15.1. The number of hydrogen-bond donors (Lipinski definition) is 1. The highest BCUT2D eigenvalue weighted by atomic mass is 16.3. The number of nitrogens with one attached hydrogen (secondary N) is 1. The van der Waals surface area contributed by atoms with Crippen molar-refractivity contribution < 1.29 is 8.83 Å². The van der Waals surface area contributed by atoms with Crippen molar-refractivity contribution in [1.29, 1.82) is 0 Å². The quantitative estimate of drug-likeness (QED) is 0.803. The SMILES string of the molecule is CCNCc1coc(CN(Cc2ccco2)C2CC2)c1. The van der Waals surface area contributed by atoms with Gasteiger partial charge >= 0.3 is 0 Å². The molecule has 0 bridgehead atoms. The molecule has 0 radical (unpaired) electrons. The van der Waals surface area contributed by atoms with Crippen LogP contribution in [0, 0.1) is 0 Å². The third-order valence-electron chi connectivity index (χ3n) is 3.65. The van der Waals surface area contributed by atoms with Crippen LogP contribution in [0.15, 0.2) is 39.6 Å². The summed E-state index contributed by atoms with van der Waals surface area (Å²) in [6.45, 7) is 5.69. The van der Waals surface area contributed by atoms with E-state index in [9.17, 15) is 0 Å². The minimum absolute atomic E-state index is 0.683. The zero-order chi connectivity index (χ0) is 13.8. The second-order valence-electron chi connectivity index (χ2n) is 5.42. The average molecular weight is 274 g/mol. The molecule has 0 saturated heterocycles. The van der Waals surface area contributed by atoms with Crippen LogP contribution in [0.5, 0.6) is 0 Å². The molecular formula is C16H22N2O2. The van der Waals surface area contributed by atoms with Crippen LogP contribution in [0.25, 0.3) is 0 Å². The van der Waals surface area contributed by atoms with Crippen molar-refractivity contribution >= 4 is 0 Å². The lowest BCUT2D eigenvalue weighted by atomic mass is 10.3. The molecule has 1 saturated carbocycles. The van der Waals surface area contributed by atoms with E-state index in [2.05, 4.69) is 23.2 Å². The molecule has 0 amide bonds. The molecule has 0 aliphatic heterocycles. The van der Waals surface area contributed by atoms with Gasteiger partial charge in [-0.3, -0.25) is 4.90 Å². The molecule has 1 aliphatic rings. The van der Waals surface area contributed by atoms with E-state index < -0.39 is 0 Å². The second kappa shape index (κ2) is 6.29. The molecule has 1 N–H and O–H groups in total. The van der Waals surface area contributed by atoms with Crippen molar-refractivity contribution in [2.75, 3.05) is 6.54 Å². The second-order valence-corrected chi connectivity index (χ2v) is 5.42. The average Bonchev–Trinajstić information content (AvgIpc) is 3.00. The lowest BCUT2D eigenvalue weighted by Crippen LogP contribution is -2.24. The van der Waals surface area contributed by atoms with Gasteiger partial charge in [0.1, 0.15) is 11.5 Å². The summed E-state index contributed by atoms with van der Waals surface area (Å²) < 4.78 is 11.1. The van der Waals surface area contributed by atoms with Crippen LogP contribution in [0.1, 0.15) is 36.8 Å². The molecule has 2 aromatic heterocycles. The van der Waals surface area contributed by atoms with Gasteiger partial charge in [-0.05, 0) is 37.6 Å². The number of rotatable bonds is 8. The van der Waals surface area contributed by atoms with Gasteiger partial charge < -0.3 is 14.2 Å². The van der Waals surface area contributed by atoms with Gasteiger partial charge in [-0.2, -0.15) is 0 Å². The molecule has 1 aliphatic carbocycles. The molecule has 20 heavy (non-hydrogen) atoms. The van der Waals surface area contributed by atoms with Crippen molar-refractivity contribution in [1.82, 2.24) is 10.2 Å². The summed E-state index contributed by atoms with van der Waals surface area (Å²) in [4.78, 5) is 2.44. The van der Waals surface area contributed by atoms with E-state index in [0.717, 1.165) is 37.7 Å². The molecule has 0 atom stereocenters.